The van der Waals surface area contributed by atoms with Crippen LogP contribution in [0.1, 0.15) is 106 Å². The van der Waals surface area contributed by atoms with Crippen molar-refractivity contribution in [1.82, 2.24) is 5.32 Å². The highest BCUT2D eigenvalue weighted by Crippen LogP contribution is 2.64. The van der Waals surface area contributed by atoms with Gasteiger partial charge in [0.2, 0.25) is 0 Å². The fourth-order valence-corrected chi connectivity index (χ4v) is 9.63. The van der Waals surface area contributed by atoms with Crippen molar-refractivity contribution in [2.24, 2.45) is 22.7 Å². The first-order valence-electron chi connectivity index (χ1n) is 20.0. The lowest BCUT2D eigenvalue weighted by Gasteiger charge is -2.67. The molecular weight excluding hydrogens is 770 g/mol. The second-order valence-corrected chi connectivity index (χ2v) is 18.5. The van der Waals surface area contributed by atoms with Crippen molar-refractivity contribution >= 4 is 35.8 Å². The summed E-state index contributed by atoms with van der Waals surface area (Å²) in [5.41, 5.74) is -8.45. The molecule has 5 unspecified atom stereocenters. The smallest absolute Gasteiger partial charge is 0.407 e. The van der Waals surface area contributed by atoms with Gasteiger partial charge in [0, 0.05) is 32.1 Å². The fourth-order valence-electron chi connectivity index (χ4n) is 9.63. The molecular formula is C43H59NO15. The van der Waals surface area contributed by atoms with Gasteiger partial charge < -0.3 is 49.1 Å². The summed E-state index contributed by atoms with van der Waals surface area (Å²) in [4.78, 5) is 82.3. The van der Waals surface area contributed by atoms with E-state index in [2.05, 4.69) is 5.32 Å². The first-order chi connectivity index (χ1) is 27.2. The zero-order chi connectivity index (χ0) is 44.2. The van der Waals surface area contributed by atoms with E-state index in [1.54, 1.807) is 52.8 Å². The molecule has 1 aromatic carbocycles. The highest BCUT2D eigenvalue weighted by Gasteiger charge is 2.78. The second kappa shape index (κ2) is 16.2. The zero-order valence-electron chi connectivity index (χ0n) is 35.7. The van der Waals surface area contributed by atoms with E-state index >= 15 is 4.79 Å². The molecule has 326 valence electrons. The summed E-state index contributed by atoms with van der Waals surface area (Å²) in [6.07, 6.45) is -11.1. The summed E-state index contributed by atoms with van der Waals surface area (Å²) in [5.74, 6) is -6.31. The summed E-state index contributed by atoms with van der Waals surface area (Å²) in [6, 6.07) is 6.66. The Hall–Kier alpha value is -4.38. The summed E-state index contributed by atoms with van der Waals surface area (Å²) >= 11 is 0. The molecule has 16 nitrogen and oxygen atoms in total. The molecule has 0 aromatic heterocycles. The first-order valence-corrected chi connectivity index (χ1v) is 20.0. The molecule has 16 heteroatoms. The Balaban J connectivity index is 1.72. The Morgan fingerprint density at radius 3 is 2.14 bits per heavy atom. The van der Waals surface area contributed by atoms with Crippen molar-refractivity contribution in [2.75, 3.05) is 6.61 Å². The molecule has 0 radical (unpaired) electrons. The molecule has 0 spiro atoms. The van der Waals surface area contributed by atoms with Gasteiger partial charge in [-0.15, -0.1) is 0 Å². The maximum atomic E-state index is 15.4. The van der Waals surface area contributed by atoms with Crippen LogP contribution in [-0.2, 0) is 47.6 Å². The third-order valence-corrected chi connectivity index (χ3v) is 12.5. The van der Waals surface area contributed by atoms with Gasteiger partial charge in [-0.2, -0.15) is 0 Å². The van der Waals surface area contributed by atoms with Gasteiger partial charge in [-0.3, -0.25) is 14.4 Å². The molecule has 5 rings (SSSR count). The van der Waals surface area contributed by atoms with E-state index in [4.69, 9.17) is 28.4 Å². The maximum Gasteiger partial charge on any atom is 0.407 e. The molecule has 1 aliphatic heterocycles. The molecule has 1 aromatic rings. The molecule has 4 N–H and O–H groups in total. The number of hydrogen-bond acceptors (Lipinski definition) is 15. The lowest BCUT2D eigenvalue weighted by atomic mass is 9.44. The number of ketones is 1. The standard InChI is InChI=1S/C43H59NO15/c1-21(2)17-26(44-38(52)59-39(6,7)8)31(48)37(51)56-27-19-43(53)35(57-36(50)25-15-13-12-14-16-25)33-41(11,28(47)18-29-42(33,20-54-29)58-24(5)46)34(49)32(55-23(4)45)30(22(27)3)40(43,9)10/h12-16,21,26-29,31-33,35,47-48,53H,17-20H2,1-11H3,(H,44,52)/t26-,27-,28?,29?,31+,32?,33-,35-,41?,42-,43?/m0/s1. The number of fused-ring (bicyclic) bond motifs is 5. The number of esters is 4. The van der Waals surface area contributed by atoms with Crippen LogP contribution in [0.4, 0.5) is 4.79 Å². The number of carbonyl (C=O) groups excluding carboxylic acids is 6. The molecule has 4 aliphatic rings. The van der Waals surface area contributed by atoms with Gasteiger partial charge in [0.05, 0.1) is 35.6 Å². The largest absolute Gasteiger partial charge is 0.456 e. The number of Topliss-reactive ketones (excluding diaryl/α,β-unsaturated/α-hetero) is 1. The first kappa shape index (κ1) is 45.7. The predicted molar refractivity (Wildman–Crippen MR) is 207 cm³/mol. The van der Waals surface area contributed by atoms with Crippen molar-refractivity contribution in [1.29, 1.82) is 0 Å². The Kier molecular flexibility index (Phi) is 12.6. The molecule has 1 saturated heterocycles. The molecule has 1 amide bonds. The van der Waals surface area contributed by atoms with E-state index in [0.29, 0.717) is 0 Å². The molecule has 3 fully saturated rings. The van der Waals surface area contributed by atoms with E-state index in [9.17, 15) is 39.3 Å². The number of aliphatic hydroxyl groups excluding tert-OH is 2. The predicted octanol–water partition coefficient (Wildman–Crippen LogP) is 3.50. The van der Waals surface area contributed by atoms with E-state index < -0.39 is 118 Å². The summed E-state index contributed by atoms with van der Waals surface area (Å²) < 4.78 is 35.5. The van der Waals surface area contributed by atoms with E-state index in [1.807, 2.05) is 13.8 Å². The third kappa shape index (κ3) is 8.25. The Labute approximate surface area is 344 Å². The van der Waals surface area contributed by atoms with Crippen molar-refractivity contribution in [2.45, 2.75) is 155 Å². The number of alkyl carbamates (subject to hydrolysis) is 1. The number of amides is 1. The second-order valence-electron chi connectivity index (χ2n) is 18.5. The summed E-state index contributed by atoms with van der Waals surface area (Å²) in [7, 11) is 0. The highest BCUT2D eigenvalue weighted by molar-refractivity contribution is 5.95. The fraction of sp³-hybridized carbons (Fsp3) is 0.674. The summed E-state index contributed by atoms with van der Waals surface area (Å²) in [6.45, 7) is 16.6. The van der Waals surface area contributed by atoms with Crippen LogP contribution in [0.3, 0.4) is 0 Å². The Morgan fingerprint density at radius 2 is 1.61 bits per heavy atom. The number of ether oxygens (including phenoxy) is 6. The minimum Gasteiger partial charge on any atom is -0.456 e. The van der Waals surface area contributed by atoms with Crippen LogP contribution in [0, 0.1) is 22.7 Å². The van der Waals surface area contributed by atoms with Crippen molar-refractivity contribution in [3.05, 3.63) is 47.0 Å². The number of benzene rings is 1. The van der Waals surface area contributed by atoms with Gasteiger partial charge in [0.1, 0.15) is 29.5 Å². The Morgan fingerprint density at radius 1 is 0.983 bits per heavy atom. The van der Waals surface area contributed by atoms with Crippen molar-refractivity contribution in [3.63, 3.8) is 0 Å². The minimum atomic E-state index is -2.37. The zero-order valence-corrected chi connectivity index (χ0v) is 35.7. The van der Waals surface area contributed by atoms with Gasteiger partial charge in [-0.05, 0) is 70.2 Å². The maximum absolute atomic E-state index is 15.4. The monoisotopic (exact) mass is 829 g/mol. The topological polar surface area (TPSA) is 231 Å². The van der Waals surface area contributed by atoms with Crippen LogP contribution >= 0.6 is 0 Å². The van der Waals surface area contributed by atoms with Crippen LogP contribution in [0.2, 0.25) is 0 Å². The van der Waals surface area contributed by atoms with Crippen molar-refractivity contribution in [3.8, 4) is 0 Å². The SMILES string of the molecule is CC(=O)OC1C(=O)C2(C)C(O)CC3OC[C@@]3(OC(C)=O)[C@H]2[C@H](OC(=O)c2ccccc2)C2(O)C[C@H](OC(=O)[C@H](O)[C@H](CC(C)C)NC(=O)OC(C)(C)C)C(C)=C1C2(C)C. The number of rotatable bonds is 10. The minimum absolute atomic E-state index is 0.00510. The van der Waals surface area contributed by atoms with Crippen LogP contribution < -0.4 is 5.32 Å². The van der Waals surface area contributed by atoms with Crippen molar-refractivity contribution < 1.29 is 72.5 Å². The number of hydrogen-bond donors (Lipinski definition) is 4. The molecule has 3 aliphatic carbocycles. The molecule has 11 atom stereocenters. The van der Waals surface area contributed by atoms with Gasteiger partial charge in [0.25, 0.3) is 0 Å². The normalized spacial score (nSPS) is 33.4. The van der Waals surface area contributed by atoms with Gasteiger partial charge in [-0.25, -0.2) is 14.4 Å². The highest BCUT2D eigenvalue weighted by atomic mass is 16.6. The quantitative estimate of drug-likeness (QED) is 0.150. The van der Waals surface area contributed by atoms with Crippen LogP contribution in [-0.4, -0.2) is 117 Å². The lowest BCUT2D eigenvalue weighted by Crippen LogP contribution is -2.82. The lowest BCUT2D eigenvalue weighted by molar-refractivity contribution is -0.346. The van der Waals surface area contributed by atoms with E-state index in [-0.39, 0.29) is 42.1 Å². The van der Waals surface area contributed by atoms with Gasteiger partial charge in [0.15, 0.2) is 23.6 Å². The van der Waals surface area contributed by atoms with E-state index in [0.717, 1.165) is 13.8 Å². The van der Waals surface area contributed by atoms with Crippen LogP contribution in [0.15, 0.2) is 41.5 Å². The van der Waals surface area contributed by atoms with Gasteiger partial charge >= 0.3 is 30.0 Å². The molecule has 59 heavy (non-hydrogen) atoms. The number of aliphatic hydroxyl groups is 3. The van der Waals surface area contributed by atoms with Gasteiger partial charge in [-0.1, -0.05) is 45.9 Å². The molecule has 2 bridgehead atoms. The summed E-state index contributed by atoms with van der Waals surface area (Å²) in [5, 5.41) is 39.6. The Bertz CT molecular complexity index is 1870. The van der Waals surface area contributed by atoms with Crippen LogP contribution in [0.25, 0.3) is 0 Å². The molecule has 2 saturated carbocycles. The average Bonchev–Trinajstić information content (AvgIpc) is 3.11. The third-order valence-electron chi connectivity index (χ3n) is 12.5. The van der Waals surface area contributed by atoms with Crippen LogP contribution in [0.5, 0.6) is 0 Å². The number of nitrogens with one attached hydrogen (secondary N) is 1. The molecule has 1 heterocycles. The average molecular weight is 830 g/mol. The van der Waals surface area contributed by atoms with E-state index in [1.165, 1.54) is 26.0 Å². The number of carbonyl (C=O) groups is 6.